The highest BCUT2D eigenvalue weighted by molar-refractivity contribution is 5.50. The average molecular weight is 211 g/mol. The van der Waals surface area contributed by atoms with Gasteiger partial charge in [-0.3, -0.25) is 0 Å². The Balaban J connectivity index is 3.06. The molecule has 0 atom stereocenters. The topological polar surface area (TPSA) is 64.7 Å². The number of hydrogen-bond donors (Lipinski definition) is 2. The van der Waals surface area contributed by atoms with Gasteiger partial charge in [-0.05, 0) is 19.4 Å². The zero-order valence-electron chi connectivity index (χ0n) is 9.12. The third kappa shape index (κ3) is 2.76. The molecule has 0 fully saturated rings. The Morgan fingerprint density at radius 3 is 2.13 bits per heavy atom. The van der Waals surface area contributed by atoms with Crippen LogP contribution < -0.4 is 15.2 Å². The van der Waals surface area contributed by atoms with Crippen LogP contribution in [0.5, 0.6) is 17.2 Å². The first-order valence-electron chi connectivity index (χ1n) is 4.86. The zero-order valence-corrected chi connectivity index (χ0v) is 9.12. The van der Waals surface area contributed by atoms with E-state index in [0.717, 1.165) is 18.4 Å². The first-order valence-corrected chi connectivity index (χ1v) is 4.86. The van der Waals surface area contributed by atoms with Crippen LogP contribution >= 0.6 is 0 Å². The molecule has 1 rings (SSSR count). The standard InChI is InChI=1S/C11H17NO3/c1-14-10-6-8(13)7-11(15-2)9(10)4-3-5-12/h6-7,13H,3-5,12H2,1-2H3. The smallest absolute Gasteiger partial charge is 0.129 e. The number of nitrogens with two attached hydrogens (primary N) is 1. The summed E-state index contributed by atoms with van der Waals surface area (Å²) in [5.74, 6) is 1.42. The normalized spacial score (nSPS) is 10.1. The third-order valence-corrected chi connectivity index (χ3v) is 2.22. The summed E-state index contributed by atoms with van der Waals surface area (Å²) in [6, 6.07) is 3.16. The van der Waals surface area contributed by atoms with Gasteiger partial charge in [0.05, 0.1) is 14.2 Å². The molecule has 0 bridgehead atoms. The second-order valence-electron chi connectivity index (χ2n) is 3.22. The van der Waals surface area contributed by atoms with Crippen LogP contribution in [0.4, 0.5) is 0 Å². The zero-order chi connectivity index (χ0) is 11.3. The minimum Gasteiger partial charge on any atom is -0.508 e. The van der Waals surface area contributed by atoms with E-state index in [9.17, 15) is 5.11 Å². The fourth-order valence-electron chi connectivity index (χ4n) is 1.50. The van der Waals surface area contributed by atoms with E-state index in [1.165, 1.54) is 0 Å². The first kappa shape index (κ1) is 11.7. The number of phenolic OH excluding ortho intramolecular Hbond substituents is 1. The summed E-state index contributed by atoms with van der Waals surface area (Å²) in [6.45, 7) is 0.618. The van der Waals surface area contributed by atoms with E-state index < -0.39 is 0 Å². The molecule has 0 aliphatic rings. The molecule has 0 unspecified atom stereocenters. The van der Waals surface area contributed by atoms with Crippen molar-refractivity contribution in [3.05, 3.63) is 17.7 Å². The van der Waals surface area contributed by atoms with Crippen LogP contribution in [0.25, 0.3) is 0 Å². The van der Waals surface area contributed by atoms with Gasteiger partial charge in [-0.1, -0.05) is 0 Å². The maximum absolute atomic E-state index is 9.42. The summed E-state index contributed by atoms with van der Waals surface area (Å²) in [5, 5.41) is 9.42. The largest absolute Gasteiger partial charge is 0.508 e. The molecule has 0 amide bonds. The van der Waals surface area contributed by atoms with Gasteiger partial charge in [0.1, 0.15) is 17.2 Å². The molecule has 4 nitrogen and oxygen atoms in total. The van der Waals surface area contributed by atoms with Crippen LogP contribution in [0, 0.1) is 0 Å². The molecule has 0 radical (unpaired) electrons. The van der Waals surface area contributed by atoms with Gasteiger partial charge in [0, 0.05) is 17.7 Å². The van der Waals surface area contributed by atoms with E-state index in [2.05, 4.69) is 0 Å². The third-order valence-electron chi connectivity index (χ3n) is 2.22. The Kier molecular flexibility index (Phi) is 4.24. The lowest BCUT2D eigenvalue weighted by Crippen LogP contribution is -2.03. The Labute approximate surface area is 89.6 Å². The summed E-state index contributed by atoms with van der Waals surface area (Å²) in [5.41, 5.74) is 6.41. The van der Waals surface area contributed by atoms with Gasteiger partial charge in [0.25, 0.3) is 0 Å². The monoisotopic (exact) mass is 211 g/mol. The van der Waals surface area contributed by atoms with Crippen LogP contribution in [-0.2, 0) is 6.42 Å². The fourth-order valence-corrected chi connectivity index (χ4v) is 1.50. The predicted octanol–water partition coefficient (Wildman–Crippen LogP) is 1.30. The first-order chi connectivity index (χ1) is 7.22. The Morgan fingerprint density at radius 1 is 1.20 bits per heavy atom. The molecule has 0 aliphatic heterocycles. The molecule has 0 saturated heterocycles. The molecule has 0 spiro atoms. The molecule has 1 aromatic carbocycles. The molecule has 3 N–H and O–H groups in total. The van der Waals surface area contributed by atoms with E-state index in [1.807, 2.05) is 0 Å². The maximum Gasteiger partial charge on any atom is 0.129 e. The van der Waals surface area contributed by atoms with Crippen LogP contribution in [0.3, 0.4) is 0 Å². The van der Waals surface area contributed by atoms with E-state index >= 15 is 0 Å². The Bertz CT molecular complexity index is 301. The van der Waals surface area contributed by atoms with Crippen molar-refractivity contribution >= 4 is 0 Å². The molecular formula is C11H17NO3. The second kappa shape index (κ2) is 5.46. The molecule has 15 heavy (non-hydrogen) atoms. The number of rotatable bonds is 5. The minimum atomic E-state index is 0.139. The van der Waals surface area contributed by atoms with Crippen molar-refractivity contribution < 1.29 is 14.6 Å². The van der Waals surface area contributed by atoms with Crippen molar-refractivity contribution in [2.24, 2.45) is 5.73 Å². The molecule has 84 valence electrons. The summed E-state index contributed by atoms with van der Waals surface area (Å²) in [7, 11) is 3.14. The number of aromatic hydroxyl groups is 1. The van der Waals surface area contributed by atoms with Gasteiger partial charge in [0.2, 0.25) is 0 Å². The average Bonchev–Trinajstić information content (AvgIpc) is 2.26. The van der Waals surface area contributed by atoms with Gasteiger partial charge in [-0.25, -0.2) is 0 Å². The van der Waals surface area contributed by atoms with Crippen LogP contribution in [-0.4, -0.2) is 25.9 Å². The van der Waals surface area contributed by atoms with Crippen molar-refractivity contribution in [3.8, 4) is 17.2 Å². The maximum atomic E-state index is 9.42. The van der Waals surface area contributed by atoms with Crippen LogP contribution in [0.1, 0.15) is 12.0 Å². The van der Waals surface area contributed by atoms with Crippen molar-refractivity contribution in [2.75, 3.05) is 20.8 Å². The van der Waals surface area contributed by atoms with Gasteiger partial charge >= 0.3 is 0 Å². The van der Waals surface area contributed by atoms with E-state index in [4.69, 9.17) is 15.2 Å². The van der Waals surface area contributed by atoms with Gasteiger partial charge < -0.3 is 20.3 Å². The lowest BCUT2D eigenvalue weighted by atomic mass is 10.1. The van der Waals surface area contributed by atoms with Crippen molar-refractivity contribution in [1.82, 2.24) is 0 Å². The molecule has 0 saturated carbocycles. The molecule has 0 heterocycles. The van der Waals surface area contributed by atoms with Gasteiger partial charge in [0.15, 0.2) is 0 Å². The summed E-state index contributed by atoms with van der Waals surface area (Å²) < 4.78 is 10.4. The molecule has 0 aliphatic carbocycles. The second-order valence-corrected chi connectivity index (χ2v) is 3.22. The molecular weight excluding hydrogens is 194 g/mol. The number of phenols is 1. The SMILES string of the molecule is COc1cc(O)cc(OC)c1CCCN. The van der Waals surface area contributed by atoms with Crippen molar-refractivity contribution in [3.63, 3.8) is 0 Å². The Hall–Kier alpha value is -1.42. The predicted molar refractivity (Wildman–Crippen MR) is 58.6 cm³/mol. The summed E-state index contributed by atoms with van der Waals surface area (Å²) in [6.07, 6.45) is 1.64. The summed E-state index contributed by atoms with van der Waals surface area (Å²) in [4.78, 5) is 0. The quantitative estimate of drug-likeness (QED) is 0.770. The summed E-state index contributed by atoms with van der Waals surface area (Å²) >= 11 is 0. The molecule has 1 aromatic rings. The number of benzene rings is 1. The number of methoxy groups -OCH3 is 2. The number of ether oxygens (including phenoxy) is 2. The lowest BCUT2D eigenvalue weighted by Gasteiger charge is -2.13. The fraction of sp³-hybridized carbons (Fsp3) is 0.455. The van der Waals surface area contributed by atoms with E-state index in [0.29, 0.717) is 18.0 Å². The lowest BCUT2D eigenvalue weighted by molar-refractivity contribution is 0.376. The van der Waals surface area contributed by atoms with E-state index in [-0.39, 0.29) is 5.75 Å². The van der Waals surface area contributed by atoms with Crippen molar-refractivity contribution in [2.45, 2.75) is 12.8 Å². The Morgan fingerprint density at radius 2 is 1.73 bits per heavy atom. The molecule has 0 aromatic heterocycles. The van der Waals surface area contributed by atoms with Crippen LogP contribution in [0.2, 0.25) is 0 Å². The number of hydrogen-bond acceptors (Lipinski definition) is 4. The van der Waals surface area contributed by atoms with Gasteiger partial charge in [-0.2, -0.15) is 0 Å². The van der Waals surface area contributed by atoms with E-state index in [1.54, 1.807) is 26.4 Å². The van der Waals surface area contributed by atoms with Crippen LogP contribution in [0.15, 0.2) is 12.1 Å². The highest BCUT2D eigenvalue weighted by Gasteiger charge is 2.11. The highest BCUT2D eigenvalue weighted by atomic mass is 16.5. The van der Waals surface area contributed by atoms with Crippen molar-refractivity contribution in [1.29, 1.82) is 0 Å². The van der Waals surface area contributed by atoms with Gasteiger partial charge in [-0.15, -0.1) is 0 Å². The highest BCUT2D eigenvalue weighted by Crippen LogP contribution is 2.34. The molecule has 4 heteroatoms. The minimum absolute atomic E-state index is 0.139.